The second-order valence-electron chi connectivity index (χ2n) is 6.38. The van der Waals surface area contributed by atoms with E-state index in [1.165, 1.54) is 0 Å². The lowest BCUT2D eigenvalue weighted by Gasteiger charge is -2.09. The highest BCUT2D eigenvalue weighted by atomic mass is 16.5. The van der Waals surface area contributed by atoms with E-state index in [1.54, 1.807) is 49.0 Å². The molecule has 6 nitrogen and oxygen atoms in total. The van der Waals surface area contributed by atoms with Crippen LogP contribution in [0.25, 0.3) is 5.69 Å². The number of hydrogen-bond donors (Lipinski definition) is 1. The highest BCUT2D eigenvalue weighted by molar-refractivity contribution is 6.05. The van der Waals surface area contributed by atoms with Gasteiger partial charge in [0.2, 0.25) is 0 Å². The number of para-hydroxylation sites is 1. The fourth-order valence-electron chi connectivity index (χ4n) is 2.63. The van der Waals surface area contributed by atoms with Gasteiger partial charge in [-0.3, -0.25) is 4.79 Å². The molecular formula is C21H21N3O3. The zero-order valence-corrected chi connectivity index (χ0v) is 15.5. The van der Waals surface area contributed by atoms with Crippen LogP contribution in [0.4, 0.5) is 5.69 Å². The van der Waals surface area contributed by atoms with Crippen molar-refractivity contribution >= 4 is 17.6 Å². The van der Waals surface area contributed by atoms with Gasteiger partial charge >= 0.3 is 5.97 Å². The molecule has 0 aliphatic rings. The predicted octanol–water partition coefficient (Wildman–Crippen LogP) is 4.00. The molecule has 1 amide bonds. The summed E-state index contributed by atoms with van der Waals surface area (Å²) in [5.41, 5.74) is 3.16. The van der Waals surface area contributed by atoms with Crippen LogP contribution in [0.15, 0.2) is 60.8 Å². The summed E-state index contributed by atoms with van der Waals surface area (Å²) in [4.78, 5) is 24.5. The van der Waals surface area contributed by atoms with Crippen molar-refractivity contribution in [2.45, 2.75) is 26.9 Å². The average molecular weight is 363 g/mol. The predicted molar refractivity (Wildman–Crippen MR) is 103 cm³/mol. The first-order chi connectivity index (χ1) is 13.0. The molecule has 0 saturated heterocycles. The van der Waals surface area contributed by atoms with Gasteiger partial charge in [0.25, 0.3) is 5.91 Å². The van der Waals surface area contributed by atoms with Crippen LogP contribution in [0.1, 0.15) is 40.3 Å². The van der Waals surface area contributed by atoms with E-state index in [1.807, 2.05) is 37.3 Å². The van der Waals surface area contributed by atoms with Crippen molar-refractivity contribution < 1.29 is 14.3 Å². The zero-order chi connectivity index (χ0) is 19.4. The summed E-state index contributed by atoms with van der Waals surface area (Å²) in [5, 5.41) is 7.13. The molecule has 1 heterocycles. The number of benzene rings is 2. The Balaban J connectivity index is 1.73. The van der Waals surface area contributed by atoms with Crippen LogP contribution in [0.2, 0.25) is 0 Å². The summed E-state index contributed by atoms with van der Waals surface area (Å²) in [5.74, 6) is -0.643. The van der Waals surface area contributed by atoms with Crippen LogP contribution in [0.5, 0.6) is 0 Å². The van der Waals surface area contributed by atoms with E-state index in [0.717, 1.165) is 11.4 Å². The third-order valence-electron chi connectivity index (χ3n) is 3.98. The van der Waals surface area contributed by atoms with Crippen molar-refractivity contribution in [3.63, 3.8) is 0 Å². The number of rotatable bonds is 5. The first kappa shape index (κ1) is 18.4. The van der Waals surface area contributed by atoms with Crippen molar-refractivity contribution in [2.24, 2.45) is 0 Å². The van der Waals surface area contributed by atoms with Gasteiger partial charge in [-0.1, -0.05) is 18.2 Å². The third kappa shape index (κ3) is 4.23. The van der Waals surface area contributed by atoms with Crippen LogP contribution in [0.3, 0.4) is 0 Å². The topological polar surface area (TPSA) is 73.2 Å². The van der Waals surface area contributed by atoms with Gasteiger partial charge in [-0.25, -0.2) is 9.48 Å². The molecule has 3 rings (SSSR count). The van der Waals surface area contributed by atoms with E-state index < -0.39 is 0 Å². The van der Waals surface area contributed by atoms with Gasteiger partial charge in [0.15, 0.2) is 0 Å². The molecule has 0 aliphatic heterocycles. The lowest BCUT2D eigenvalue weighted by atomic mass is 10.2. The van der Waals surface area contributed by atoms with Crippen molar-refractivity contribution in [2.75, 3.05) is 5.32 Å². The largest absolute Gasteiger partial charge is 0.459 e. The molecule has 138 valence electrons. The van der Waals surface area contributed by atoms with Crippen molar-refractivity contribution in [3.05, 3.63) is 77.6 Å². The molecule has 0 saturated carbocycles. The molecule has 0 radical (unpaired) electrons. The van der Waals surface area contributed by atoms with Gasteiger partial charge in [-0.2, -0.15) is 5.10 Å². The van der Waals surface area contributed by atoms with Gasteiger partial charge in [0.05, 0.1) is 34.8 Å². The van der Waals surface area contributed by atoms with Crippen LogP contribution < -0.4 is 5.32 Å². The van der Waals surface area contributed by atoms with Crippen molar-refractivity contribution in [1.29, 1.82) is 0 Å². The molecule has 6 heteroatoms. The van der Waals surface area contributed by atoms with Crippen molar-refractivity contribution in [3.8, 4) is 5.69 Å². The quantitative estimate of drug-likeness (QED) is 0.696. The maximum atomic E-state index is 12.6. The second kappa shape index (κ2) is 7.86. The molecule has 0 fully saturated rings. The Bertz CT molecular complexity index is 945. The standard InChI is InChI=1S/C21H21N3O3/c1-14(2)27-21(26)16-9-11-17(12-10-16)23-20(25)19-13-22-24(15(19)3)18-7-5-4-6-8-18/h4-14H,1-3H3,(H,23,25). The number of amides is 1. The van der Waals surface area contributed by atoms with E-state index >= 15 is 0 Å². The fraction of sp³-hybridized carbons (Fsp3) is 0.190. The summed E-state index contributed by atoms with van der Waals surface area (Å²) < 4.78 is 6.87. The molecule has 0 bridgehead atoms. The maximum Gasteiger partial charge on any atom is 0.338 e. The lowest BCUT2D eigenvalue weighted by molar-refractivity contribution is 0.0378. The average Bonchev–Trinajstić information content (AvgIpc) is 3.04. The number of nitrogens with one attached hydrogen (secondary N) is 1. The number of nitrogens with zero attached hydrogens (tertiary/aromatic N) is 2. The summed E-state index contributed by atoms with van der Waals surface area (Å²) in [7, 11) is 0. The van der Waals surface area contributed by atoms with Gasteiger partial charge < -0.3 is 10.1 Å². The number of hydrogen-bond acceptors (Lipinski definition) is 4. The first-order valence-electron chi connectivity index (χ1n) is 8.68. The monoisotopic (exact) mass is 363 g/mol. The minimum Gasteiger partial charge on any atom is -0.459 e. The Morgan fingerprint density at radius 2 is 1.70 bits per heavy atom. The number of esters is 1. The third-order valence-corrected chi connectivity index (χ3v) is 3.98. The molecule has 1 N–H and O–H groups in total. The van der Waals surface area contributed by atoms with Crippen LogP contribution >= 0.6 is 0 Å². The molecule has 2 aromatic carbocycles. The molecule has 0 atom stereocenters. The van der Waals surface area contributed by atoms with E-state index in [9.17, 15) is 9.59 Å². The number of aromatic nitrogens is 2. The Morgan fingerprint density at radius 3 is 2.33 bits per heavy atom. The van der Waals surface area contributed by atoms with Gasteiger partial charge in [0.1, 0.15) is 0 Å². The van der Waals surface area contributed by atoms with E-state index in [2.05, 4.69) is 10.4 Å². The van der Waals surface area contributed by atoms with Crippen LogP contribution in [0, 0.1) is 6.92 Å². The van der Waals surface area contributed by atoms with Gasteiger partial charge in [0, 0.05) is 5.69 Å². The molecule has 27 heavy (non-hydrogen) atoms. The number of ether oxygens (including phenoxy) is 1. The van der Waals surface area contributed by atoms with Gasteiger partial charge in [-0.05, 0) is 57.2 Å². The van der Waals surface area contributed by atoms with Crippen LogP contribution in [-0.2, 0) is 4.74 Å². The molecule has 0 spiro atoms. The Kier molecular flexibility index (Phi) is 5.35. The minimum absolute atomic E-state index is 0.180. The molecule has 3 aromatic rings. The Morgan fingerprint density at radius 1 is 1.04 bits per heavy atom. The lowest BCUT2D eigenvalue weighted by Crippen LogP contribution is -2.14. The Hall–Kier alpha value is -3.41. The summed E-state index contributed by atoms with van der Waals surface area (Å²) in [6.45, 7) is 5.44. The van der Waals surface area contributed by atoms with E-state index in [-0.39, 0.29) is 18.0 Å². The fourth-order valence-corrected chi connectivity index (χ4v) is 2.63. The minimum atomic E-state index is -0.386. The zero-order valence-electron chi connectivity index (χ0n) is 15.5. The summed E-state index contributed by atoms with van der Waals surface area (Å²) in [6, 6.07) is 16.2. The normalized spacial score (nSPS) is 10.7. The maximum absolute atomic E-state index is 12.6. The highest BCUT2D eigenvalue weighted by Crippen LogP contribution is 2.17. The van der Waals surface area contributed by atoms with Gasteiger partial charge in [-0.15, -0.1) is 0 Å². The molecule has 1 aromatic heterocycles. The smallest absolute Gasteiger partial charge is 0.338 e. The number of carbonyl (C=O) groups is 2. The summed E-state index contributed by atoms with van der Waals surface area (Å²) >= 11 is 0. The molecular weight excluding hydrogens is 342 g/mol. The second-order valence-corrected chi connectivity index (χ2v) is 6.38. The van der Waals surface area contributed by atoms with Crippen LogP contribution in [-0.4, -0.2) is 27.8 Å². The van der Waals surface area contributed by atoms with Crippen molar-refractivity contribution in [1.82, 2.24) is 9.78 Å². The molecule has 0 aliphatic carbocycles. The number of anilines is 1. The molecule has 0 unspecified atom stereocenters. The van der Waals surface area contributed by atoms with E-state index in [4.69, 9.17) is 4.74 Å². The summed E-state index contributed by atoms with van der Waals surface area (Å²) in [6.07, 6.45) is 1.37. The number of carbonyl (C=O) groups excluding carboxylic acids is 2. The van der Waals surface area contributed by atoms with E-state index in [0.29, 0.717) is 16.8 Å². The Labute approximate surface area is 157 Å². The SMILES string of the molecule is Cc1c(C(=O)Nc2ccc(C(=O)OC(C)C)cc2)cnn1-c1ccccc1. The first-order valence-corrected chi connectivity index (χ1v) is 8.68. The highest BCUT2D eigenvalue weighted by Gasteiger charge is 2.16.